The van der Waals surface area contributed by atoms with Gasteiger partial charge in [0, 0.05) is 33.5 Å². The molecule has 0 fully saturated rings. The lowest BCUT2D eigenvalue weighted by Gasteiger charge is -2.21. The monoisotopic (exact) mass is 209 g/mol. The number of hydrogen-bond acceptors (Lipinski definition) is 5. The predicted molar refractivity (Wildman–Crippen MR) is 58.8 cm³/mol. The molecule has 0 aliphatic carbocycles. The van der Waals surface area contributed by atoms with Gasteiger partial charge in [0.1, 0.15) is 0 Å². The van der Waals surface area contributed by atoms with Crippen molar-refractivity contribution in [2.75, 3.05) is 37.5 Å². The average molecular weight is 209 g/mol. The van der Waals surface area contributed by atoms with E-state index in [1.807, 2.05) is 19.0 Å². The van der Waals surface area contributed by atoms with E-state index in [4.69, 9.17) is 5.73 Å². The third-order valence-electron chi connectivity index (χ3n) is 1.84. The van der Waals surface area contributed by atoms with E-state index in [-0.39, 0.29) is 6.54 Å². The van der Waals surface area contributed by atoms with Crippen LogP contribution in [0, 0.1) is 0 Å². The Morgan fingerprint density at radius 1 is 1.27 bits per heavy atom. The maximum atomic E-state index is 10.8. The molecule has 1 rings (SSSR count). The molecule has 0 radical (unpaired) electrons. The largest absolute Gasteiger partial charge is 0.368 e. The first-order valence-corrected chi connectivity index (χ1v) is 4.50. The van der Waals surface area contributed by atoms with Crippen molar-refractivity contribution >= 4 is 17.5 Å². The Kier molecular flexibility index (Phi) is 3.43. The van der Waals surface area contributed by atoms with E-state index in [0.717, 1.165) is 0 Å². The molecule has 1 amide bonds. The zero-order valence-electron chi connectivity index (χ0n) is 9.14. The van der Waals surface area contributed by atoms with Gasteiger partial charge in [-0.3, -0.25) is 4.79 Å². The molecular formula is C9H15N5O. The molecule has 1 aromatic heterocycles. The minimum atomic E-state index is -0.396. The number of likely N-dealkylation sites (N-methyl/N-ethyl adjacent to an activating group) is 1. The Hall–Kier alpha value is -1.85. The van der Waals surface area contributed by atoms with Crippen molar-refractivity contribution in [3.05, 3.63) is 12.4 Å². The number of rotatable bonds is 4. The summed E-state index contributed by atoms with van der Waals surface area (Å²) in [6, 6.07) is 0. The molecule has 0 unspecified atom stereocenters. The molecular weight excluding hydrogens is 194 g/mol. The topological polar surface area (TPSA) is 75.3 Å². The number of aromatic nitrogens is 2. The van der Waals surface area contributed by atoms with Gasteiger partial charge < -0.3 is 15.5 Å². The van der Waals surface area contributed by atoms with E-state index in [9.17, 15) is 4.79 Å². The minimum absolute atomic E-state index is 0.125. The van der Waals surface area contributed by atoms with E-state index in [1.54, 1.807) is 24.3 Å². The number of amides is 1. The Labute approximate surface area is 88.7 Å². The van der Waals surface area contributed by atoms with Crippen LogP contribution in [-0.2, 0) is 4.79 Å². The summed E-state index contributed by atoms with van der Waals surface area (Å²) in [5.74, 6) is 0.954. The SMILES string of the molecule is CN(C)c1nccnc1N(C)CC(N)=O. The first kappa shape index (κ1) is 11.2. The molecule has 0 saturated carbocycles. The van der Waals surface area contributed by atoms with Crippen molar-refractivity contribution < 1.29 is 4.79 Å². The quantitative estimate of drug-likeness (QED) is 0.721. The molecule has 82 valence electrons. The third kappa shape index (κ3) is 2.80. The summed E-state index contributed by atoms with van der Waals surface area (Å²) in [6.07, 6.45) is 3.19. The number of nitrogens with zero attached hydrogens (tertiary/aromatic N) is 4. The molecule has 1 heterocycles. The first-order chi connectivity index (χ1) is 7.02. The van der Waals surface area contributed by atoms with Gasteiger partial charge >= 0.3 is 0 Å². The molecule has 0 aliphatic heterocycles. The number of anilines is 2. The minimum Gasteiger partial charge on any atom is -0.368 e. The lowest BCUT2D eigenvalue weighted by molar-refractivity contribution is -0.116. The molecule has 0 spiro atoms. The van der Waals surface area contributed by atoms with Crippen LogP contribution in [0.3, 0.4) is 0 Å². The second-order valence-electron chi connectivity index (χ2n) is 3.42. The van der Waals surface area contributed by atoms with Gasteiger partial charge in [-0.1, -0.05) is 0 Å². The van der Waals surface area contributed by atoms with Crippen LogP contribution in [0.25, 0.3) is 0 Å². The van der Waals surface area contributed by atoms with E-state index >= 15 is 0 Å². The van der Waals surface area contributed by atoms with Crippen molar-refractivity contribution in [1.82, 2.24) is 9.97 Å². The van der Waals surface area contributed by atoms with Gasteiger partial charge in [-0.2, -0.15) is 0 Å². The van der Waals surface area contributed by atoms with Crippen molar-refractivity contribution in [2.45, 2.75) is 0 Å². The number of hydrogen-bond donors (Lipinski definition) is 1. The highest BCUT2D eigenvalue weighted by atomic mass is 16.1. The van der Waals surface area contributed by atoms with Crippen molar-refractivity contribution in [2.24, 2.45) is 5.73 Å². The van der Waals surface area contributed by atoms with E-state index in [1.165, 1.54) is 0 Å². The smallest absolute Gasteiger partial charge is 0.236 e. The fourth-order valence-corrected chi connectivity index (χ4v) is 1.22. The first-order valence-electron chi connectivity index (χ1n) is 4.50. The number of carbonyl (C=O) groups is 1. The molecule has 0 bridgehead atoms. The van der Waals surface area contributed by atoms with Crippen LogP contribution in [0.2, 0.25) is 0 Å². The van der Waals surface area contributed by atoms with Crippen molar-refractivity contribution in [3.8, 4) is 0 Å². The van der Waals surface area contributed by atoms with Gasteiger partial charge in [0.15, 0.2) is 11.6 Å². The number of nitrogens with two attached hydrogens (primary N) is 1. The summed E-state index contributed by atoms with van der Waals surface area (Å²) in [6.45, 7) is 0.125. The summed E-state index contributed by atoms with van der Waals surface area (Å²) < 4.78 is 0. The number of carbonyl (C=O) groups excluding carboxylic acids is 1. The van der Waals surface area contributed by atoms with E-state index < -0.39 is 5.91 Å². The van der Waals surface area contributed by atoms with Gasteiger partial charge in [-0.05, 0) is 0 Å². The molecule has 1 aromatic rings. The lowest BCUT2D eigenvalue weighted by atomic mass is 10.4. The Morgan fingerprint density at radius 3 is 2.27 bits per heavy atom. The van der Waals surface area contributed by atoms with Crippen LogP contribution in [0.5, 0.6) is 0 Å². The molecule has 15 heavy (non-hydrogen) atoms. The Morgan fingerprint density at radius 2 is 1.80 bits per heavy atom. The summed E-state index contributed by atoms with van der Waals surface area (Å²) in [4.78, 5) is 22.6. The number of primary amides is 1. The molecule has 0 atom stereocenters. The molecule has 2 N–H and O–H groups in total. The fraction of sp³-hybridized carbons (Fsp3) is 0.444. The summed E-state index contributed by atoms with van der Waals surface area (Å²) in [5, 5.41) is 0. The van der Waals surface area contributed by atoms with Gasteiger partial charge in [0.05, 0.1) is 6.54 Å². The standard InChI is InChI=1S/C9H15N5O/c1-13(2)8-9(12-5-4-11-8)14(3)6-7(10)15/h4-5H,6H2,1-3H3,(H2,10,15). The highest BCUT2D eigenvalue weighted by Crippen LogP contribution is 2.20. The van der Waals surface area contributed by atoms with Crippen LogP contribution in [0.1, 0.15) is 0 Å². The summed E-state index contributed by atoms with van der Waals surface area (Å²) in [7, 11) is 5.49. The molecule has 0 saturated heterocycles. The second kappa shape index (κ2) is 4.59. The van der Waals surface area contributed by atoms with Crippen LogP contribution in [-0.4, -0.2) is 43.6 Å². The zero-order chi connectivity index (χ0) is 11.4. The highest BCUT2D eigenvalue weighted by molar-refractivity contribution is 5.80. The molecule has 0 aliphatic rings. The molecule has 6 nitrogen and oxygen atoms in total. The summed E-state index contributed by atoms with van der Waals surface area (Å²) >= 11 is 0. The van der Waals surface area contributed by atoms with Gasteiger partial charge in [-0.15, -0.1) is 0 Å². The van der Waals surface area contributed by atoms with Crippen LogP contribution < -0.4 is 15.5 Å². The van der Waals surface area contributed by atoms with Crippen molar-refractivity contribution in [1.29, 1.82) is 0 Å². The zero-order valence-corrected chi connectivity index (χ0v) is 9.14. The average Bonchev–Trinajstić information content (AvgIpc) is 2.16. The predicted octanol–water partition coefficient (Wildman–Crippen LogP) is -0.536. The maximum absolute atomic E-state index is 10.8. The summed E-state index contributed by atoms with van der Waals surface area (Å²) in [5.41, 5.74) is 5.11. The van der Waals surface area contributed by atoms with Gasteiger partial charge in [0.2, 0.25) is 5.91 Å². The van der Waals surface area contributed by atoms with Gasteiger partial charge in [0.25, 0.3) is 0 Å². The Bertz CT molecular complexity index is 352. The van der Waals surface area contributed by atoms with E-state index in [0.29, 0.717) is 11.6 Å². The molecule has 6 heteroatoms. The van der Waals surface area contributed by atoms with Crippen LogP contribution in [0.15, 0.2) is 12.4 Å². The Balaban J connectivity index is 2.97. The normalized spacial score (nSPS) is 9.80. The lowest BCUT2D eigenvalue weighted by Crippen LogP contribution is -2.32. The van der Waals surface area contributed by atoms with Crippen LogP contribution >= 0.6 is 0 Å². The third-order valence-corrected chi connectivity index (χ3v) is 1.84. The maximum Gasteiger partial charge on any atom is 0.236 e. The molecule has 0 aromatic carbocycles. The van der Waals surface area contributed by atoms with Gasteiger partial charge in [-0.25, -0.2) is 9.97 Å². The van der Waals surface area contributed by atoms with E-state index in [2.05, 4.69) is 9.97 Å². The van der Waals surface area contributed by atoms with Crippen LogP contribution in [0.4, 0.5) is 11.6 Å². The fourth-order valence-electron chi connectivity index (χ4n) is 1.22. The second-order valence-corrected chi connectivity index (χ2v) is 3.42. The highest BCUT2D eigenvalue weighted by Gasteiger charge is 2.12. The van der Waals surface area contributed by atoms with Crippen molar-refractivity contribution in [3.63, 3.8) is 0 Å².